The monoisotopic (exact) mass is 215 g/mol. The smallest absolute Gasteiger partial charge is 0.103 e. The van der Waals surface area contributed by atoms with Crippen LogP contribution >= 0.6 is 0 Å². The molecule has 1 N–H and O–H groups in total. The highest BCUT2D eigenvalue weighted by atomic mass is 15.1. The van der Waals surface area contributed by atoms with Crippen molar-refractivity contribution in [3.8, 4) is 6.07 Å². The summed E-state index contributed by atoms with van der Waals surface area (Å²) in [6.07, 6.45) is 4.65. The molecule has 0 saturated carbocycles. The molecule has 2 rings (SSSR count). The predicted molar refractivity (Wildman–Crippen MR) is 64.0 cm³/mol. The third-order valence-corrected chi connectivity index (χ3v) is 3.39. The zero-order valence-corrected chi connectivity index (χ0v) is 9.71. The van der Waals surface area contributed by atoms with E-state index in [0.717, 1.165) is 6.54 Å². The van der Waals surface area contributed by atoms with Crippen molar-refractivity contribution in [1.82, 2.24) is 0 Å². The Balaban J connectivity index is 2.05. The Labute approximate surface area is 97.5 Å². The molecule has 1 aromatic rings. The van der Waals surface area contributed by atoms with Gasteiger partial charge in [-0.1, -0.05) is 24.3 Å². The van der Waals surface area contributed by atoms with Gasteiger partial charge in [-0.3, -0.25) is 0 Å². The van der Waals surface area contributed by atoms with Crippen LogP contribution in [0.15, 0.2) is 24.3 Å². The van der Waals surface area contributed by atoms with E-state index in [9.17, 15) is 0 Å². The number of quaternary nitrogens is 1. The number of nitrogens with zero attached hydrogens (tertiary/aromatic N) is 1. The van der Waals surface area contributed by atoms with E-state index in [-0.39, 0.29) is 0 Å². The summed E-state index contributed by atoms with van der Waals surface area (Å²) in [4.78, 5) is 1.68. The van der Waals surface area contributed by atoms with Crippen molar-refractivity contribution < 1.29 is 4.90 Å². The molecule has 0 radical (unpaired) electrons. The number of hydrogen-bond donors (Lipinski definition) is 1. The van der Waals surface area contributed by atoms with Crippen LogP contribution in [0.2, 0.25) is 0 Å². The third-order valence-electron chi connectivity index (χ3n) is 3.39. The van der Waals surface area contributed by atoms with E-state index in [4.69, 9.17) is 5.26 Å². The molecule has 1 heterocycles. The van der Waals surface area contributed by atoms with Crippen LogP contribution in [0.1, 0.15) is 30.4 Å². The second kappa shape index (κ2) is 5.67. The van der Waals surface area contributed by atoms with Crippen molar-refractivity contribution in [2.45, 2.75) is 32.2 Å². The molecule has 1 saturated heterocycles. The van der Waals surface area contributed by atoms with Crippen molar-refractivity contribution >= 4 is 0 Å². The molecule has 0 spiro atoms. The quantitative estimate of drug-likeness (QED) is 0.809. The van der Waals surface area contributed by atoms with Crippen molar-refractivity contribution in [1.29, 1.82) is 5.26 Å². The molecule has 0 bridgehead atoms. The molecule has 2 nitrogen and oxygen atoms in total. The van der Waals surface area contributed by atoms with Crippen LogP contribution in [0.25, 0.3) is 0 Å². The van der Waals surface area contributed by atoms with Gasteiger partial charge < -0.3 is 4.90 Å². The Bertz CT molecular complexity index is 373. The first-order chi connectivity index (χ1) is 7.90. The maximum Gasteiger partial charge on any atom is 0.103 e. The van der Waals surface area contributed by atoms with E-state index in [1.165, 1.54) is 43.5 Å². The lowest BCUT2D eigenvalue weighted by Crippen LogP contribution is -3.11. The molecule has 84 valence electrons. The van der Waals surface area contributed by atoms with E-state index in [1.54, 1.807) is 4.90 Å². The van der Waals surface area contributed by atoms with Gasteiger partial charge in [0.2, 0.25) is 0 Å². The average molecular weight is 215 g/mol. The van der Waals surface area contributed by atoms with Crippen molar-refractivity contribution in [3.63, 3.8) is 0 Å². The first-order valence-corrected chi connectivity index (χ1v) is 6.17. The Kier molecular flexibility index (Phi) is 3.96. The number of hydrogen-bond acceptors (Lipinski definition) is 1. The summed E-state index contributed by atoms with van der Waals surface area (Å²) in [5.41, 5.74) is 2.57. The van der Waals surface area contributed by atoms with Gasteiger partial charge in [-0.25, -0.2) is 0 Å². The lowest BCUT2D eigenvalue weighted by Gasteiger charge is -2.24. The van der Waals surface area contributed by atoms with E-state index in [2.05, 4.69) is 24.3 Å². The molecule has 16 heavy (non-hydrogen) atoms. The van der Waals surface area contributed by atoms with Gasteiger partial charge in [0.05, 0.1) is 25.6 Å². The Hall–Kier alpha value is -1.33. The summed E-state index contributed by atoms with van der Waals surface area (Å²) >= 11 is 0. The molecule has 1 fully saturated rings. The molecule has 1 aliphatic heterocycles. The normalized spacial score (nSPS) is 16.9. The van der Waals surface area contributed by atoms with Crippen LogP contribution in [0, 0.1) is 11.3 Å². The molecule has 1 aromatic carbocycles. The minimum absolute atomic E-state index is 0.545. The predicted octanol–water partition coefficient (Wildman–Crippen LogP) is 1.32. The largest absolute Gasteiger partial charge is 0.331 e. The molecule has 0 aliphatic carbocycles. The Morgan fingerprint density at radius 3 is 2.44 bits per heavy atom. The van der Waals surface area contributed by atoms with Crippen LogP contribution in [0.5, 0.6) is 0 Å². The number of nitriles is 1. The summed E-state index contributed by atoms with van der Waals surface area (Å²) in [7, 11) is 0. The van der Waals surface area contributed by atoms with Gasteiger partial charge in [0.15, 0.2) is 0 Å². The molecular formula is C14H19N2+. The highest BCUT2D eigenvalue weighted by Gasteiger charge is 2.15. The van der Waals surface area contributed by atoms with Crippen LogP contribution in [-0.2, 0) is 13.0 Å². The van der Waals surface area contributed by atoms with Gasteiger partial charge in [0.25, 0.3) is 0 Å². The maximum absolute atomic E-state index is 8.79. The molecule has 0 aromatic heterocycles. The second-order valence-corrected chi connectivity index (χ2v) is 4.59. The van der Waals surface area contributed by atoms with E-state index in [0.29, 0.717) is 6.42 Å². The lowest BCUT2D eigenvalue weighted by molar-refractivity contribution is -0.918. The third kappa shape index (κ3) is 2.84. The van der Waals surface area contributed by atoms with Gasteiger partial charge in [-0.05, 0) is 24.8 Å². The highest BCUT2D eigenvalue weighted by molar-refractivity contribution is 5.28. The number of piperidine rings is 1. The molecule has 2 heteroatoms. The fourth-order valence-electron chi connectivity index (χ4n) is 2.49. The highest BCUT2D eigenvalue weighted by Crippen LogP contribution is 2.08. The van der Waals surface area contributed by atoms with E-state index < -0.39 is 0 Å². The molecular weight excluding hydrogens is 196 g/mol. The topological polar surface area (TPSA) is 28.2 Å². The van der Waals surface area contributed by atoms with Gasteiger partial charge in [-0.2, -0.15) is 5.26 Å². The summed E-state index contributed by atoms with van der Waals surface area (Å²) in [6.45, 7) is 3.68. The van der Waals surface area contributed by atoms with Crippen LogP contribution in [0.3, 0.4) is 0 Å². The van der Waals surface area contributed by atoms with E-state index >= 15 is 0 Å². The van der Waals surface area contributed by atoms with Gasteiger partial charge in [-0.15, -0.1) is 0 Å². The average Bonchev–Trinajstić information content (AvgIpc) is 2.33. The van der Waals surface area contributed by atoms with E-state index in [1.807, 2.05) is 6.07 Å². The van der Waals surface area contributed by atoms with Crippen LogP contribution in [0.4, 0.5) is 0 Å². The Morgan fingerprint density at radius 1 is 1.06 bits per heavy atom. The van der Waals surface area contributed by atoms with Gasteiger partial charge in [0.1, 0.15) is 6.54 Å². The second-order valence-electron chi connectivity index (χ2n) is 4.59. The van der Waals surface area contributed by atoms with Crippen molar-refractivity contribution in [2.24, 2.45) is 0 Å². The summed E-state index contributed by atoms with van der Waals surface area (Å²) in [6, 6.07) is 10.6. The fourth-order valence-corrected chi connectivity index (χ4v) is 2.49. The van der Waals surface area contributed by atoms with Gasteiger partial charge >= 0.3 is 0 Å². The molecule has 1 aliphatic rings. The number of benzene rings is 1. The minimum Gasteiger partial charge on any atom is -0.331 e. The van der Waals surface area contributed by atoms with Gasteiger partial charge in [0, 0.05) is 5.56 Å². The standard InChI is InChI=1S/C14H18N2/c15-9-8-13-6-2-3-7-14(13)12-16-10-4-1-5-11-16/h2-3,6-7H,1,4-5,8,10-12H2/p+1. The molecule has 0 atom stereocenters. The molecule has 0 unspecified atom stereocenters. The number of rotatable bonds is 3. The molecule has 0 amide bonds. The minimum atomic E-state index is 0.545. The van der Waals surface area contributed by atoms with Crippen LogP contribution in [-0.4, -0.2) is 13.1 Å². The lowest BCUT2D eigenvalue weighted by atomic mass is 10.0. The fraction of sp³-hybridized carbons (Fsp3) is 0.500. The number of nitrogens with one attached hydrogen (secondary N) is 1. The van der Waals surface area contributed by atoms with Crippen molar-refractivity contribution in [3.05, 3.63) is 35.4 Å². The summed E-state index contributed by atoms with van der Waals surface area (Å²) in [5.74, 6) is 0. The number of likely N-dealkylation sites (tertiary alicyclic amines) is 1. The first-order valence-electron chi connectivity index (χ1n) is 6.17. The SMILES string of the molecule is N#CCc1ccccc1C[NH+]1CCCCC1. The zero-order valence-electron chi connectivity index (χ0n) is 9.71. The zero-order chi connectivity index (χ0) is 11.2. The maximum atomic E-state index is 8.79. The Morgan fingerprint density at radius 2 is 1.75 bits per heavy atom. The summed E-state index contributed by atoms with van der Waals surface area (Å²) < 4.78 is 0. The summed E-state index contributed by atoms with van der Waals surface area (Å²) in [5, 5.41) is 8.79. The first kappa shape index (κ1) is 11.2. The van der Waals surface area contributed by atoms with Crippen molar-refractivity contribution in [2.75, 3.05) is 13.1 Å². The van der Waals surface area contributed by atoms with Crippen LogP contribution < -0.4 is 4.90 Å².